The molecule has 9 heteroatoms. The van der Waals surface area contributed by atoms with Gasteiger partial charge in [0.05, 0.1) is 13.7 Å². The molecule has 0 saturated heterocycles. The minimum Gasteiger partial charge on any atom is -0.496 e. The predicted molar refractivity (Wildman–Crippen MR) is 108 cm³/mol. The molecule has 1 N–H and O–H groups in total. The standard InChI is InChI=1S/C19H24BrF2N3O3/c1-4-5-6-7-10-27-18-17(23-2)24-15(16(20)25-18)13-9-8-12(28-19(21)22)11-14(13)26-3/h8-9,11,19H,4-7,10H2,1-3H3,(H,23,24). The fourth-order valence-electron chi connectivity index (χ4n) is 2.58. The summed E-state index contributed by atoms with van der Waals surface area (Å²) >= 11 is 3.42. The second-order valence-electron chi connectivity index (χ2n) is 5.92. The second kappa shape index (κ2) is 11.0. The number of ether oxygens (including phenoxy) is 3. The minimum atomic E-state index is -2.91. The average Bonchev–Trinajstić information content (AvgIpc) is 2.67. The summed E-state index contributed by atoms with van der Waals surface area (Å²) in [5.41, 5.74) is 1.07. The van der Waals surface area contributed by atoms with Gasteiger partial charge >= 0.3 is 6.61 Å². The number of aromatic nitrogens is 2. The number of anilines is 1. The van der Waals surface area contributed by atoms with E-state index >= 15 is 0 Å². The van der Waals surface area contributed by atoms with Gasteiger partial charge in [-0.25, -0.2) is 9.97 Å². The molecule has 0 atom stereocenters. The van der Waals surface area contributed by atoms with Gasteiger partial charge < -0.3 is 19.5 Å². The number of nitrogens with zero attached hydrogens (tertiary/aromatic N) is 2. The van der Waals surface area contributed by atoms with Crippen molar-refractivity contribution < 1.29 is 23.0 Å². The lowest BCUT2D eigenvalue weighted by molar-refractivity contribution is -0.0499. The number of halogens is 3. The van der Waals surface area contributed by atoms with Crippen LogP contribution in [0.25, 0.3) is 11.3 Å². The Bertz CT molecular complexity index is 778. The van der Waals surface area contributed by atoms with E-state index in [4.69, 9.17) is 9.47 Å². The Kier molecular flexibility index (Phi) is 8.69. The van der Waals surface area contributed by atoms with Gasteiger partial charge in [-0.15, -0.1) is 0 Å². The summed E-state index contributed by atoms with van der Waals surface area (Å²) in [6.45, 7) is -0.202. The Morgan fingerprint density at radius 3 is 2.61 bits per heavy atom. The van der Waals surface area contributed by atoms with E-state index < -0.39 is 6.61 Å². The second-order valence-corrected chi connectivity index (χ2v) is 6.67. The first kappa shape index (κ1) is 22.1. The summed E-state index contributed by atoms with van der Waals surface area (Å²) in [6.07, 6.45) is 4.37. The lowest BCUT2D eigenvalue weighted by Gasteiger charge is -2.15. The molecule has 0 unspecified atom stereocenters. The predicted octanol–water partition coefficient (Wildman–Crippen LogP) is 5.52. The lowest BCUT2D eigenvalue weighted by Crippen LogP contribution is -2.06. The van der Waals surface area contributed by atoms with E-state index in [0.717, 1.165) is 19.3 Å². The zero-order chi connectivity index (χ0) is 20.5. The van der Waals surface area contributed by atoms with Crippen molar-refractivity contribution in [2.45, 2.75) is 39.2 Å². The number of alkyl halides is 2. The Labute approximate surface area is 171 Å². The van der Waals surface area contributed by atoms with Crippen molar-refractivity contribution in [3.05, 3.63) is 22.8 Å². The molecule has 1 heterocycles. The van der Waals surface area contributed by atoms with Crippen molar-refractivity contribution in [1.29, 1.82) is 0 Å². The Balaban J connectivity index is 2.28. The molecule has 0 radical (unpaired) electrons. The molecular weight excluding hydrogens is 436 g/mol. The molecule has 0 saturated carbocycles. The number of benzene rings is 1. The SMILES string of the molecule is CCCCCCOc1nc(Br)c(-c2ccc(OC(F)F)cc2OC)nc1NC. The van der Waals surface area contributed by atoms with Gasteiger partial charge in [-0.05, 0) is 34.5 Å². The molecule has 154 valence electrons. The van der Waals surface area contributed by atoms with Crippen molar-refractivity contribution in [2.24, 2.45) is 0 Å². The van der Waals surface area contributed by atoms with Crippen LogP contribution in [0.1, 0.15) is 32.6 Å². The highest BCUT2D eigenvalue weighted by molar-refractivity contribution is 9.10. The molecule has 0 fully saturated rings. The smallest absolute Gasteiger partial charge is 0.387 e. The fourth-order valence-corrected chi connectivity index (χ4v) is 3.04. The highest BCUT2D eigenvalue weighted by Gasteiger charge is 2.18. The van der Waals surface area contributed by atoms with E-state index in [1.54, 1.807) is 13.1 Å². The van der Waals surface area contributed by atoms with E-state index in [1.807, 2.05) is 0 Å². The van der Waals surface area contributed by atoms with E-state index in [1.165, 1.54) is 25.7 Å². The van der Waals surface area contributed by atoms with Crippen molar-refractivity contribution >= 4 is 21.7 Å². The van der Waals surface area contributed by atoms with Gasteiger partial charge in [-0.3, -0.25) is 0 Å². The van der Waals surface area contributed by atoms with Crippen LogP contribution in [0.2, 0.25) is 0 Å². The summed E-state index contributed by atoms with van der Waals surface area (Å²) in [7, 11) is 3.17. The van der Waals surface area contributed by atoms with Crippen molar-refractivity contribution in [3.63, 3.8) is 0 Å². The van der Waals surface area contributed by atoms with Gasteiger partial charge in [-0.2, -0.15) is 8.78 Å². The fraction of sp³-hybridized carbons (Fsp3) is 0.474. The van der Waals surface area contributed by atoms with Crippen molar-refractivity contribution in [2.75, 3.05) is 26.1 Å². The van der Waals surface area contributed by atoms with Crippen LogP contribution in [0.3, 0.4) is 0 Å². The largest absolute Gasteiger partial charge is 0.496 e. The minimum absolute atomic E-state index is 0.000513. The topological polar surface area (TPSA) is 65.5 Å². The quantitative estimate of drug-likeness (QED) is 0.446. The zero-order valence-corrected chi connectivity index (χ0v) is 17.7. The van der Waals surface area contributed by atoms with E-state index in [9.17, 15) is 8.78 Å². The molecule has 0 aliphatic rings. The molecule has 0 aliphatic heterocycles. The van der Waals surface area contributed by atoms with Gasteiger partial charge in [0.15, 0.2) is 5.82 Å². The van der Waals surface area contributed by atoms with Gasteiger partial charge in [0.25, 0.3) is 5.88 Å². The van der Waals surface area contributed by atoms with Gasteiger partial charge in [-0.1, -0.05) is 26.2 Å². The molecule has 2 rings (SSSR count). The monoisotopic (exact) mass is 459 g/mol. The summed E-state index contributed by atoms with van der Waals surface area (Å²) in [5.74, 6) is 1.21. The molecule has 1 aromatic heterocycles. The maximum atomic E-state index is 12.4. The van der Waals surface area contributed by atoms with Crippen molar-refractivity contribution in [1.82, 2.24) is 9.97 Å². The summed E-state index contributed by atoms with van der Waals surface area (Å²) in [5, 5.41) is 2.98. The molecule has 0 amide bonds. The van der Waals surface area contributed by atoms with Crippen LogP contribution in [0.5, 0.6) is 17.4 Å². The summed E-state index contributed by atoms with van der Waals surface area (Å²) < 4.78 is 40.8. The summed E-state index contributed by atoms with van der Waals surface area (Å²) in [6, 6.07) is 4.40. The van der Waals surface area contributed by atoms with Crippen LogP contribution in [-0.2, 0) is 0 Å². The maximum Gasteiger partial charge on any atom is 0.387 e. The molecular formula is C19H24BrF2N3O3. The number of nitrogens with one attached hydrogen (secondary N) is 1. The van der Waals surface area contributed by atoms with Crippen LogP contribution in [0.4, 0.5) is 14.6 Å². The molecule has 2 aromatic rings. The Hall–Kier alpha value is -2.16. The molecule has 28 heavy (non-hydrogen) atoms. The number of unbranched alkanes of at least 4 members (excludes halogenated alkanes) is 3. The molecule has 0 aliphatic carbocycles. The van der Waals surface area contributed by atoms with Gasteiger partial charge in [0.1, 0.15) is 21.8 Å². The molecule has 1 aromatic carbocycles. The first-order valence-electron chi connectivity index (χ1n) is 9.01. The third kappa shape index (κ3) is 5.92. The van der Waals surface area contributed by atoms with E-state index in [2.05, 4.69) is 42.9 Å². The third-order valence-electron chi connectivity index (χ3n) is 3.95. The number of rotatable bonds is 11. The average molecular weight is 460 g/mol. The lowest BCUT2D eigenvalue weighted by atomic mass is 10.1. The van der Waals surface area contributed by atoms with E-state index in [-0.39, 0.29) is 5.75 Å². The highest BCUT2D eigenvalue weighted by atomic mass is 79.9. The number of hydrogen-bond acceptors (Lipinski definition) is 6. The zero-order valence-electron chi connectivity index (χ0n) is 16.1. The molecule has 0 spiro atoms. The first-order chi connectivity index (χ1) is 13.5. The van der Waals surface area contributed by atoms with Crippen LogP contribution < -0.4 is 19.5 Å². The molecule has 6 nitrogen and oxygen atoms in total. The van der Waals surface area contributed by atoms with Crippen molar-refractivity contribution in [3.8, 4) is 28.6 Å². The number of hydrogen-bond donors (Lipinski definition) is 1. The van der Waals surface area contributed by atoms with Gasteiger partial charge in [0.2, 0.25) is 0 Å². The number of methoxy groups -OCH3 is 1. The Morgan fingerprint density at radius 1 is 1.18 bits per heavy atom. The third-order valence-corrected chi connectivity index (χ3v) is 4.50. The van der Waals surface area contributed by atoms with Crippen LogP contribution in [0.15, 0.2) is 22.8 Å². The maximum absolute atomic E-state index is 12.4. The van der Waals surface area contributed by atoms with E-state index in [0.29, 0.717) is 39.9 Å². The van der Waals surface area contributed by atoms with Crippen LogP contribution >= 0.6 is 15.9 Å². The van der Waals surface area contributed by atoms with Crippen LogP contribution in [-0.4, -0.2) is 37.3 Å². The Morgan fingerprint density at radius 2 is 1.96 bits per heavy atom. The molecule has 0 bridgehead atoms. The first-order valence-corrected chi connectivity index (χ1v) is 9.80. The van der Waals surface area contributed by atoms with Crippen LogP contribution in [0, 0.1) is 0 Å². The summed E-state index contributed by atoms with van der Waals surface area (Å²) in [4.78, 5) is 9.01. The normalized spacial score (nSPS) is 10.8. The van der Waals surface area contributed by atoms with Gasteiger partial charge in [0, 0.05) is 18.7 Å². The highest BCUT2D eigenvalue weighted by Crippen LogP contribution is 2.38.